The van der Waals surface area contributed by atoms with Crippen LogP contribution in [0.15, 0.2) is 53.6 Å². The Balaban J connectivity index is 1.03. The molecule has 3 aliphatic heterocycles. The minimum atomic E-state index is -0.775. The van der Waals surface area contributed by atoms with Crippen LogP contribution >= 0.6 is 11.6 Å². The van der Waals surface area contributed by atoms with Gasteiger partial charge in [-0.1, -0.05) is 11.6 Å². The molecule has 0 aromatic heterocycles. The van der Waals surface area contributed by atoms with E-state index in [0.717, 1.165) is 77.9 Å². The van der Waals surface area contributed by atoms with Crippen LogP contribution in [-0.2, 0) is 43.2 Å². The molecule has 0 saturated carbocycles. The number of likely N-dealkylation sites (N-methyl/N-ethyl adjacent to an activating group) is 1. The predicted octanol–water partition coefficient (Wildman–Crippen LogP) is 5.82. The molecule has 0 bridgehead atoms. The Morgan fingerprint density at radius 3 is 2.07 bits per heavy atom. The van der Waals surface area contributed by atoms with Gasteiger partial charge in [-0.15, -0.1) is 0 Å². The summed E-state index contributed by atoms with van der Waals surface area (Å²) >= 11 is 6.27. The van der Waals surface area contributed by atoms with E-state index < -0.39 is 11.9 Å². The van der Waals surface area contributed by atoms with Crippen LogP contribution in [0.1, 0.15) is 41.1 Å². The molecule has 0 amide bonds. The smallest absolute Gasteiger partial charge is 0.350 e. The fourth-order valence-electron chi connectivity index (χ4n) is 8.61. The van der Waals surface area contributed by atoms with Gasteiger partial charge in [-0.25, -0.2) is 9.59 Å². The first-order valence-electron chi connectivity index (χ1n) is 20.4. The number of ether oxygens (including phenoxy) is 10. The number of methoxy groups -OCH3 is 5. The topological polar surface area (TPSA) is 126 Å². The van der Waals surface area contributed by atoms with Gasteiger partial charge in [0.25, 0.3) is 0 Å². The molecule has 1 fully saturated rings. The second kappa shape index (κ2) is 20.6. The van der Waals surface area contributed by atoms with Crippen molar-refractivity contribution in [2.75, 3.05) is 115 Å². The van der Waals surface area contributed by atoms with Gasteiger partial charge in [0.2, 0.25) is 5.75 Å². The Labute approximate surface area is 357 Å². The molecule has 3 aliphatic rings. The SMILES string of the molecule is COc1cc2c(cc1OC)[C@@H](Cc1cc(OC)c(OC)c(OC)c1)[N+](C)(CCCOC(=O)/C(Cl)=C/C(=O)OCCC[N+]1(Cc3ccc4c(c3)OCCO4)CCOCC1)CC2. The van der Waals surface area contributed by atoms with Crippen molar-refractivity contribution in [2.45, 2.75) is 38.3 Å². The number of carbonyl (C=O) groups excluding carboxylic acids is 2. The zero-order valence-electron chi connectivity index (χ0n) is 35.7. The molecule has 3 aromatic carbocycles. The highest BCUT2D eigenvalue weighted by Gasteiger charge is 2.40. The average molecular weight is 855 g/mol. The molecule has 3 aromatic rings. The molecule has 1 unspecified atom stereocenters. The number of carbonyl (C=O) groups is 2. The Kier molecular flexibility index (Phi) is 15.3. The standard InChI is InChI=1S/C45H59ClN2O12/c1-47(14-11-33-27-38(51-2)39(52-3)28-34(33)36(47)23-32-25-41(53-4)44(55-6)42(26-32)54-5)12-7-18-60-45(50)35(46)29-43(49)59-17-8-13-48(15-19-56-20-16-48)30-31-9-10-37-40(24-31)58-22-21-57-37/h9-10,24-29,36H,7-8,11-23,30H2,1-6H3/q+2/b35-29-/t36-,47?/m1/s1. The minimum absolute atomic E-state index is 0.00116. The van der Waals surface area contributed by atoms with Crippen LogP contribution in [0.2, 0.25) is 0 Å². The van der Waals surface area contributed by atoms with Gasteiger partial charge in [-0.3, -0.25) is 0 Å². The van der Waals surface area contributed by atoms with E-state index in [1.165, 1.54) is 5.56 Å². The molecule has 6 rings (SSSR count). The van der Waals surface area contributed by atoms with Gasteiger partial charge in [0, 0.05) is 42.9 Å². The predicted molar refractivity (Wildman–Crippen MR) is 224 cm³/mol. The zero-order valence-corrected chi connectivity index (χ0v) is 36.4. The lowest BCUT2D eigenvalue weighted by molar-refractivity contribution is -0.947. The number of nitrogens with zero attached hydrogens (tertiary/aromatic N) is 2. The summed E-state index contributed by atoms with van der Waals surface area (Å²) in [7, 11) is 10.3. The summed E-state index contributed by atoms with van der Waals surface area (Å²) in [6, 6.07) is 14.2. The van der Waals surface area contributed by atoms with Gasteiger partial charge in [0.1, 0.15) is 43.9 Å². The van der Waals surface area contributed by atoms with Crippen molar-refractivity contribution in [3.05, 3.63) is 75.8 Å². The average Bonchev–Trinajstić information content (AvgIpc) is 3.27. The third kappa shape index (κ3) is 10.7. The highest BCUT2D eigenvalue weighted by Crippen LogP contribution is 2.45. The monoisotopic (exact) mass is 854 g/mol. The second-order valence-electron chi connectivity index (χ2n) is 15.6. The number of hydrogen-bond acceptors (Lipinski definition) is 12. The number of rotatable bonds is 19. The molecule has 2 atom stereocenters. The highest BCUT2D eigenvalue weighted by atomic mass is 35.5. The van der Waals surface area contributed by atoms with Gasteiger partial charge < -0.3 is 56.3 Å². The van der Waals surface area contributed by atoms with Gasteiger partial charge in [0.05, 0.1) is 88.7 Å². The van der Waals surface area contributed by atoms with Crippen LogP contribution in [0.5, 0.6) is 40.2 Å². The molecule has 0 aliphatic carbocycles. The number of quaternary nitrogens is 2. The lowest BCUT2D eigenvalue weighted by atomic mass is 9.86. The fourth-order valence-corrected chi connectivity index (χ4v) is 8.75. The summed E-state index contributed by atoms with van der Waals surface area (Å²) < 4.78 is 58.0. The number of fused-ring (bicyclic) bond motifs is 2. The number of esters is 2. The minimum Gasteiger partial charge on any atom is -0.493 e. The fraction of sp³-hybridized carbons (Fsp3) is 0.511. The molecule has 0 spiro atoms. The maximum absolute atomic E-state index is 12.9. The van der Waals surface area contributed by atoms with Crippen molar-refractivity contribution >= 4 is 23.5 Å². The van der Waals surface area contributed by atoms with Crippen molar-refractivity contribution in [3.63, 3.8) is 0 Å². The van der Waals surface area contributed by atoms with E-state index in [-0.39, 0.29) is 24.3 Å². The molecular formula is C45H59ClN2O12+2. The van der Waals surface area contributed by atoms with Gasteiger partial charge in [-0.05, 0) is 53.6 Å². The molecule has 15 heteroatoms. The van der Waals surface area contributed by atoms with Crippen LogP contribution < -0.4 is 33.2 Å². The van der Waals surface area contributed by atoms with E-state index in [4.69, 9.17) is 59.0 Å². The maximum atomic E-state index is 12.9. The first-order valence-corrected chi connectivity index (χ1v) is 20.8. The summed E-state index contributed by atoms with van der Waals surface area (Å²) in [6.07, 6.45) is 3.66. The lowest BCUT2D eigenvalue weighted by Crippen LogP contribution is -2.55. The molecule has 60 heavy (non-hydrogen) atoms. The normalized spacial score (nSPS) is 19.4. The van der Waals surface area contributed by atoms with E-state index in [2.05, 4.69) is 31.3 Å². The number of morpholine rings is 1. The first-order chi connectivity index (χ1) is 29.0. The quantitative estimate of drug-likeness (QED) is 0.0624. The van der Waals surface area contributed by atoms with Crippen LogP contribution in [0.4, 0.5) is 0 Å². The molecule has 326 valence electrons. The van der Waals surface area contributed by atoms with E-state index in [0.29, 0.717) is 85.5 Å². The molecular weight excluding hydrogens is 796 g/mol. The number of halogens is 1. The van der Waals surface area contributed by atoms with Crippen LogP contribution in [0.3, 0.4) is 0 Å². The highest BCUT2D eigenvalue weighted by molar-refractivity contribution is 6.42. The van der Waals surface area contributed by atoms with Gasteiger partial charge in [0.15, 0.2) is 34.5 Å². The third-order valence-corrected chi connectivity index (χ3v) is 12.1. The summed E-state index contributed by atoms with van der Waals surface area (Å²) in [6.45, 7) is 7.54. The van der Waals surface area contributed by atoms with Crippen LogP contribution in [0, 0.1) is 0 Å². The zero-order chi connectivity index (χ0) is 42.7. The Morgan fingerprint density at radius 1 is 0.733 bits per heavy atom. The largest absolute Gasteiger partial charge is 0.493 e. The molecule has 14 nitrogen and oxygen atoms in total. The molecule has 0 radical (unpaired) electrons. The Bertz CT molecular complexity index is 1980. The van der Waals surface area contributed by atoms with Crippen molar-refractivity contribution in [2.24, 2.45) is 0 Å². The number of hydrogen-bond donors (Lipinski definition) is 0. The van der Waals surface area contributed by atoms with E-state index >= 15 is 0 Å². The van der Waals surface area contributed by atoms with Crippen molar-refractivity contribution in [3.8, 4) is 40.2 Å². The summed E-state index contributed by atoms with van der Waals surface area (Å²) in [5.41, 5.74) is 4.50. The van der Waals surface area contributed by atoms with Gasteiger partial charge >= 0.3 is 11.9 Å². The lowest BCUT2D eigenvalue weighted by Gasteiger charge is -2.46. The Morgan fingerprint density at radius 2 is 1.38 bits per heavy atom. The van der Waals surface area contributed by atoms with Crippen LogP contribution in [0.25, 0.3) is 0 Å². The Hall–Kier alpha value is -4.89. The number of benzene rings is 3. The van der Waals surface area contributed by atoms with Gasteiger partial charge in [-0.2, -0.15) is 0 Å². The summed E-state index contributed by atoms with van der Waals surface area (Å²) in [5, 5.41) is -0.330. The summed E-state index contributed by atoms with van der Waals surface area (Å²) in [4.78, 5) is 25.6. The molecule has 0 N–H and O–H groups in total. The van der Waals surface area contributed by atoms with E-state index in [1.807, 2.05) is 18.2 Å². The van der Waals surface area contributed by atoms with E-state index in [9.17, 15) is 9.59 Å². The maximum Gasteiger partial charge on any atom is 0.350 e. The second-order valence-corrected chi connectivity index (χ2v) is 16.0. The van der Waals surface area contributed by atoms with Crippen molar-refractivity contribution in [1.82, 2.24) is 0 Å². The molecule has 1 saturated heterocycles. The van der Waals surface area contributed by atoms with Crippen LogP contribution in [-0.4, -0.2) is 136 Å². The molecule has 3 heterocycles. The first kappa shape index (κ1) is 44.7. The van der Waals surface area contributed by atoms with Crippen molar-refractivity contribution in [1.29, 1.82) is 0 Å². The summed E-state index contributed by atoms with van der Waals surface area (Å²) in [5.74, 6) is 3.10. The van der Waals surface area contributed by atoms with Crippen molar-refractivity contribution < 1.29 is 65.9 Å². The van der Waals surface area contributed by atoms with E-state index in [1.54, 1.807) is 35.5 Å². The third-order valence-electron chi connectivity index (χ3n) is 11.9.